The fourth-order valence-corrected chi connectivity index (χ4v) is 3.95. The van der Waals surface area contributed by atoms with Gasteiger partial charge in [0.25, 0.3) is 0 Å². The number of piperazine rings is 1. The molecule has 0 aliphatic carbocycles. The number of rotatable bonds is 3. The van der Waals surface area contributed by atoms with Crippen molar-refractivity contribution in [2.75, 3.05) is 33.2 Å². The Balaban J connectivity index is 1.77. The van der Waals surface area contributed by atoms with Gasteiger partial charge in [0.1, 0.15) is 18.1 Å². The number of furan rings is 1. The minimum absolute atomic E-state index is 0.0998. The number of aromatic nitrogens is 3. The van der Waals surface area contributed by atoms with Crippen LogP contribution < -0.4 is 0 Å². The molecule has 0 bridgehead atoms. The van der Waals surface area contributed by atoms with Crippen LogP contribution in [0.3, 0.4) is 0 Å². The second-order valence-electron chi connectivity index (χ2n) is 5.50. The van der Waals surface area contributed by atoms with Gasteiger partial charge in [0, 0.05) is 26.2 Å². The molecule has 4 rings (SSSR count). The molecule has 0 radical (unpaired) electrons. The molecule has 1 N–H and O–H groups in total. The van der Waals surface area contributed by atoms with Crippen molar-refractivity contribution >= 4 is 16.3 Å². The van der Waals surface area contributed by atoms with E-state index < -0.39 is 0 Å². The van der Waals surface area contributed by atoms with Crippen LogP contribution in [0, 0.1) is 0 Å². The minimum atomic E-state index is -0.0998. The highest BCUT2D eigenvalue weighted by molar-refractivity contribution is 7.17. The van der Waals surface area contributed by atoms with Crippen molar-refractivity contribution < 1.29 is 9.52 Å². The van der Waals surface area contributed by atoms with Crippen molar-refractivity contribution in [3.8, 4) is 5.88 Å². The Morgan fingerprint density at radius 3 is 2.82 bits per heavy atom. The summed E-state index contributed by atoms with van der Waals surface area (Å²) in [7, 11) is 2.12. The lowest BCUT2D eigenvalue weighted by Gasteiger charge is -2.36. The molecule has 0 unspecified atom stereocenters. The van der Waals surface area contributed by atoms with E-state index in [0.29, 0.717) is 4.96 Å². The lowest BCUT2D eigenvalue weighted by Crippen LogP contribution is -2.46. The summed E-state index contributed by atoms with van der Waals surface area (Å²) in [6, 6.07) is 3.74. The highest BCUT2D eigenvalue weighted by atomic mass is 32.1. The van der Waals surface area contributed by atoms with Gasteiger partial charge < -0.3 is 14.4 Å². The van der Waals surface area contributed by atoms with Gasteiger partial charge in [0.15, 0.2) is 0 Å². The van der Waals surface area contributed by atoms with Crippen LogP contribution in [0.1, 0.15) is 16.7 Å². The third kappa shape index (κ3) is 2.20. The molecule has 116 valence electrons. The first-order chi connectivity index (χ1) is 10.7. The van der Waals surface area contributed by atoms with Gasteiger partial charge in [0.2, 0.25) is 10.8 Å². The minimum Gasteiger partial charge on any atom is -0.492 e. The van der Waals surface area contributed by atoms with Gasteiger partial charge in [0.05, 0.1) is 11.1 Å². The summed E-state index contributed by atoms with van der Waals surface area (Å²) in [5, 5.41) is 14.6. The molecule has 8 heteroatoms. The van der Waals surface area contributed by atoms with Gasteiger partial charge in [-0.1, -0.05) is 11.3 Å². The number of nitrogens with zero attached hydrogens (tertiary/aromatic N) is 5. The summed E-state index contributed by atoms with van der Waals surface area (Å²) in [4.78, 5) is 10.3. The fourth-order valence-electron chi connectivity index (χ4n) is 2.87. The van der Waals surface area contributed by atoms with Crippen molar-refractivity contribution in [3.63, 3.8) is 0 Å². The first kappa shape index (κ1) is 13.7. The monoisotopic (exact) mass is 319 g/mol. The molecular formula is C14H17N5O2S. The summed E-state index contributed by atoms with van der Waals surface area (Å²) >= 11 is 1.46. The van der Waals surface area contributed by atoms with Crippen molar-refractivity contribution in [2.24, 2.45) is 0 Å². The maximum atomic E-state index is 10.5. The van der Waals surface area contributed by atoms with E-state index in [1.165, 1.54) is 22.2 Å². The Hall–Kier alpha value is -1.90. The van der Waals surface area contributed by atoms with E-state index in [1.807, 2.05) is 12.1 Å². The normalized spacial score (nSPS) is 19.0. The molecule has 3 aromatic rings. The van der Waals surface area contributed by atoms with Gasteiger partial charge in [-0.05, 0) is 19.2 Å². The van der Waals surface area contributed by atoms with E-state index in [4.69, 9.17) is 4.42 Å². The third-order valence-corrected chi connectivity index (χ3v) is 5.19. The van der Waals surface area contributed by atoms with E-state index >= 15 is 0 Å². The second-order valence-corrected chi connectivity index (χ2v) is 6.51. The van der Waals surface area contributed by atoms with Gasteiger partial charge in [-0.2, -0.15) is 9.61 Å². The predicted octanol–water partition coefficient (Wildman–Crippen LogP) is 1.43. The van der Waals surface area contributed by atoms with Crippen LogP contribution in [-0.2, 0) is 0 Å². The van der Waals surface area contributed by atoms with Crippen LogP contribution >= 0.6 is 11.3 Å². The summed E-state index contributed by atoms with van der Waals surface area (Å²) < 4.78 is 7.13. The van der Waals surface area contributed by atoms with Crippen molar-refractivity contribution in [1.82, 2.24) is 24.4 Å². The number of hydrogen-bond donors (Lipinski definition) is 1. The predicted molar refractivity (Wildman–Crippen MR) is 82.1 cm³/mol. The van der Waals surface area contributed by atoms with Crippen LogP contribution in [0.4, 0.5) is 0 Å². The van der Waals surface area contributed by atoms with Crippen molar-refractivity contribution in [3.05, 3.63) is 35.4 Å². The molecule has 0 amide bonds. The van der Waals surface area contributed by atoms with Crippen LogP contribution in [0.5, 0.6) is 5.88 Å². The molecule has 1 fully saturated rings. The summed E-state index contributed by atoms with van der Waals surface area (Å²) in [5.74, 6) is 0.988. The largest absolute Gasteiger partial charge is 0.492 e. The average Bonchev–Trinajstić information content (AvgIpc) is 3.23. The zero-order valence-electron chi connectivity index (χ0n) is 12.2. The smallest absolute Gasteiger partial charge is 0.230 e. The van der Waals surface area contributed by atoms with Crippen LogP contribution in [0.25, 0.3) is 4.96 Å². The Kier molecular flexibility index (Phi) is 3.36. The van der Waals surface area contributed by atoms with E-state index in [-0.39, 0.29) is 11.9 Å². The lowest BCUT2D eigenvalue weighted by atomic mass is 10.1. The lowest BCUT2D eigenvalue weighted by molar-refractivity contribution is 0.117. The molecule has 1 atom stereocenters. The third-order valence-electron chi connectivity index (χ3n) is 4.10. The zero-order chi connectivity index (χ0) is 15.1. The quantitative estimate of drug-likeness (QED) is 0.787. The Labute approximate surface area is 131 Å². The molecule has 1 aliphatic rings. The molecule has 0 spiro atoms. The van der Waals surface area contributed by atoms with Gasteiger partial charge in [-0.15, -0.1) is 0 Å². The second kappa shape index (κ2) is 5.38. The van der Waals surface area contributed by atoms with E-state index in [1.54, 1.807) is 6.26 Å². The molecule has 0 saturated carbocycles. The fraction of sp³-hybridized carbons (Fsp3) is 0.429. The number of fused-ring (bicyclic) bond motifs is 1. The Morgan fingerprint density at radius 2 is 2.14 bits per heavy atom. The van der Waals surface area contributed by atoms with Crippen LogP contribution in [0.2, 0.25) is 0 Å². The van der Waals surface area contributed by atoms with Crippen LogP contribution in [-0.4, -0.2) is 62.7 Å². The van der Waals surface area contributed by atoms with Crippen LogP contribution in [0.15, 0.2) is 29.1 Å². The first-order valence-electron chi connectivity index (χ1n) is 7.21. The summed E-state index contributed by atoms with van der Waals surface area (Å²) in [6.45, 7) is 3.85. The maximum absolute atomic E-state index is 10.5. The molecule has 4 heterocycles. The molecule has 7 nitrogen and oxygen atoms in total. The van der Waals surface area contributed by atoms with Gasteiger partial charge in [-0.25, -0.2) is 4.98 Å². The van der Waals surface area contributed by atoms with E-state index in [2.05, 4.69) is 26.9 Å². The average molecular weight is 319 g/mol. The molecule has 0 aromatic carbocycles. The summed E-state index contributed by atoms with van der Waals surface area (Å²) in [6.07, 6.45) is 3.12. The van der Waals surface area contributed by atoms with Crippen molar-refractivity contribution in [1.29, 1.82) is 0 Å². The Morgan fingerprint density at radius 1 is 1.32 bits per heavy atom. The maximum Gasteiger partial charge on any atom is 0.230 e. The summed E-state index contributed by atoms with van der Waals surface area (Å²) in [5.41, 5.74) is 0. The highest BCUT2D eigenvalue weighted by Crippen LogP contribution is 2.39. The van der Waals surface area contributed by atoms with Gasteiger partial charge >= 0.3 is 0 Å². The SMILES string of the molecule is CN1CCN([C@@H](c2ccco2)c2sc3ncnn3c2O)CC1. The van der Waals surface area contributed by atoms with Crippen molar-refractivity contribution in [2.45, 2.75) is 6.04 Å². The molecule has 1 saturated heterocycles. The standard InChI is InChI=1S/C14H17N5O2S/c1-17-4-6-18(7-5-17)11(10-3-2-8-21-10)12-13(20)19-14(22-12)15-9-16-19/h2-3,8-9,11,20H,4-7H2,1H3/t11-/m0/s1. The number of aromatic hydroxyl groups is 1. The van der Waals surface area contributed by atoms with E-state index in [9.17, 15) is 5.11 Å². The van der Waals surface area contributed by atoms with Gasteiger partial charge in [-0.3, -0.25) is 4.90 Å². The number of likely N-dealkylation sites (N-methyl/N-ethyl adjacent to an activating group) is 1. The molecule has 1 aliphatic heterocycles. The zero-order valence-corrected chi connectivity index (χ0v) is 13.0. The molecule has 22 heavy (non-hydrogen) atoms. The first-order valence-corrected chi connectivity index (χ1v) is 8.03. The highest BCUT2D eigenvalue weighted by Gasteiger charge is 2.32. The molecular weight excluding hydrogens is 302 g/mol. The van der Waals surface area contributed by atoms with E-state index in [0.717, 1.165) is 36.8 Å². The number of hydrogen-bond acceptors (Lipinski definition) is 7. The Bertz CT molecular complexity index is 757. The topological polar surface area (TPSA) is 70.0 Å². The number of thiazole rings is 1. The molecule has 3 aromatic heterocycles.